The Kier molecular flexibility index (Phi) is 3.44. The molecule has 0 atom stereocenters. The lowest BCUT2D eigenvalue weighted by atomic mass is 10.3. The first-order valence-corrected chi connectivity index (χ1v) is 5.16. The zero-order valence-corrected chi connectivity index (χ0v) is 9.09. The number of benzene rings is 2. The average molecular weight is 213 g/mol. The normalized spacial score (nSPS) is 9.81. The molecule has 16 heavy (non-hydrogen) atoms. The number of hydrogen-bond donors (Lipinski definition) is 0. The summed E-state index contributed by atoms with van der Waals surface area (Å²) in [4.78, 5) is 0. The Morgan fingerprint density at radius 1 is 0.750 bits per heavy atom. The molecule has 2 aromatic rings. The molecular weight excluding hydrogens is 200 g/mol. The van der Waals surface area contributed by atoms with Crippen molar-refractivity contribution >= 4 is 0 Å². The highest BCUT2D eigenvalue weighted by molar-refractivity contribution is 5.35. The first-order chi connectivity index (χ1) is 7.88. The third kappa shape index (κ3) is 2.76. The van der Waals surface area contributed by atoms with Crippen LogP contribution in [-0.4, -0.2) is 0 Å². The molecule has 0 amide bonds. The Hall–Kier alpha value is -1.96. The van der Waals surface area contributed by atoms with Crippen molar-refractivity contribution in [3.63, 3.8) is 0 Å². The zero-order chi connectivity index (χ0) is 11.2. The van der Waals surface area contributed by atoms with E-state index in [-0.39, 0.29) is 0 Å². The molecule has 0 aliphatic heterocycles. The molecule has 2 rings (SSSR count). The maximum Gasteiger partial charge on any atom is 0.132 e. The fraction of sp³-hybridized carbons (Fsp3) is 0.0714. The minimum absolute atomic E-state index is 0.801. The predicted octanol–water partition coefficient (Wildman–Crippen LogP) is 4.04. The molecule has 1 radical (unpaired) electrons. The lowest BCUT2D eigenvalue weighted by molar-refractivity contribution is 0.414. The van der Waals surface area contributed by atoms with Gasteiger partial charge in [0.25, 0.3) is 0 Å². The van der Waals surface area contributed by atoms with Gasteiger partial charge in [0.05, 0.1) is 0 Å². The third-order valence-corrected chi connectivity index (χ3v) is 2.06. The third-order valence-electron chi connectivity index (χ3n) is 2.06. The van der Waals surface area contributed by atoms with Crippen molar-refractivity contribution in [3.8, 4) is 17.2 Å². The second kappa shape index (κ2) is 5.21. The maximum absolute atomic E-state index is 5.65. The molecule has 2 nitrogen and oxygen atoms in total. The maximum atomic E-state index is 5.65. The fourth-order valence-electron chi connectivity index (χ4n) is 1.35. The first kappa shape index (κ1) is 10.6. The van der Waals surface area contributed by atoms with Gasteiger partial charge in [-0.1, -0.05) is 18.2 Å². The van der Waals surface area contributed by atoms with Crippen molar-refractivity contribution in [2.75, 3.05) is 0 Å². The fourth-order valence-corrected chi connectivity index (χ4v) is 1.35. The van der Waals surface area contributed by atoms with E-state index in [4.69, 9.17) is 9.47 Å². The van der Waals surface area contributed by atoms with Crippen LogP contribution in [0.2, 0.25) is 0 Å². The smallest absolute Gasteiger partial charge is 0.132 e. The van der Waals surface area contributed by atoms with E-state index in [1.807, 2.05) is 61.5 Å². The Labute approximate surface area is 95.4 Å². The highest BCUT2D eigenvalue weighted by Crippen LogP contribution is 2.23. The summed E-state index contributed by atoms with van der Waals surface area (Å²) >= 11 is 0. The van der Waals surface area contributed by atoms with Gasteiger partial charge in [0.1, 0.15) is 23.9 Å². The van der Waals surface area contributed by atoms with E-state index >= 15 is 0 Å². The van der Waals surface area contributed by atoms with Crippen LogP contribution in [0.25, 0.3) is 0 Å². The summed E-state index contributed by atoms with van der Waals surface area (Å²) in [5.41, 5.74) is 0. The number of hydrogen-bond acceptors (Lipinski definition) is 2. The number of ether oxygens (including phenoxy) is 2. The summed E-state index contributed by atoms with van der Waals surface area (Å²) in [6.45, 7) is 3.49. The molecule has 0 bridgehead atoms. The van der Waals surface area contributed by atoms with E-state index in [1.165, 1.54) is 0 Å². The van der Waals surface area contributed by atoms with E-state index < -0.39 is 0 Å². The standard InChI is InChI=1S/C14H13O2/c1-2-15-12-8-10-14(11-9-12)16-13-6-4-3-5-7-13/h2-11H,1H3. The predicted molar refractivity (Wildman–Crippen MR) is 63.6 cm³/mol. The van der Waals surface area contributed by atoms with Crippen molar-refractivity contribution in [2.45, 2.75) is 6.92 Å². The molecule has 2 aromatic carbocycles. The summed E-state index contributed by atoms with van der Waals surface area (Å²) in [7, 11) is 0. The Morgan fingerprint density at radius 3 is 1.94 bits per heavy atom. The van der Waals surface area contributed by atoms with Gasteiger partial charge in [-0.15, -0.1) is 0 Å². The monoisotopic (exact) mass is 213 g/mol. The average Bonchev–Trinajstić information content (AvgIpc) is 2.33. The van der Waals surface area contributed by atoms with Gasteiger partial charge in [-0.3, -0.25) is 0 Å². The number of rotatable bonds is 4. The molecule has 0 spiro atoms. The van der Waals surface area contributed by atoms with E-state index in [9.17, 15) is 0 Å². The Morgan fingerprint density at radius 2 is 1.31 bits per heavy atom. The largest absolute Gasteiger partial charge is 0.487 e. The van der Waals surface area contributed by atoms with Crippen LogP contribution in [0.4, 0.5) is 0 Å². The molecule has 81 valence electrons. The Bertz CT molecular complexity index is 420. The van der Waals surface area contributed by atoms with Crippen molar-refractivity contribution in [1.29, 1.82) is 0 Å². The minimum Gasteiger partial charge on any atom is -0.487 e. The molecule has 0 aliphatic rings. The van der Waals surface area contributed by atoms with Gasteiger partial charge in [0.15, 0.2) is 0 Å². The second-order valence-corrected chi connectivity index (χ2v) is 3.24. The SMILES string of the molecule is C[CH]Oc1ccc(Oc2ccccc2)cc1. The summed E-state index contributed by atoms with van der Waals surface area (Å²) in [6, 6.07) is 17.2. The van der Waals surface area contributed by atoms with Crippen LogP contribution in [0.15, 0.2) is 54.6 Å². The van der Waals surface area contributed by atoms with Gasteiger partial charge in [-0.2, -0.15) is 0 Å². The van der Waals surface area contributed by atoms with Crippen LogP contribution in [-0.2, 0) is 0 Å². The Balaban J connectivity index is 2.05. The second-order valence-electron chi connectivity index (χ2n) is 3.24. The van der Waals surface area contributed by atoms with Gasteiger partial charge in [-0.05, 0) is 43.3 Å². The summed E-state index contributed by atoms with van der Waals surface area (Å²) in [5.74, 6) is 2.44. The van der Waals surface area contributed by atoms with Crippen molar-refractivity contribution in [1.82, 2.24) is 0 Å². The topological polar surface area (TPSA) is 18.5 Å². The van der Waals surface area contributed by atoms with Crippen LogP contribution in [0.5, 0.6) is 17.2 Å². The van der Waals surface area contributed by atoms with E-state index in [0.29, 0.717) is 0 Å². The molecule has 0 heterocycles. The van der Waals surface area contributed by atoms with Crippen molar-refractivity contribution in [3.05, 3.63) is 61.2 Å². The first-order valence-electron chi connectivity index (χ1n) is 5.16. The molecule has 0 unspecified atom stereocenters. The van der Waals surface area contributed by atoms with Gasteiger partial charge < -0.3 is 9.47 Å². The van der Waals surface area contributed by atoms with Crippen LogP contribution in [0.1, 0.15) is 6.92 Å². The molecule has 0 saturated heterocycles. The molecule has 0 aromatic heterocycles. The molecule has 0 N–H and O–H groups in total. The van der Waals surface area contributed by atoms with E-state index in [2.05, 4.69) is 0 Å². The van der Waals surface area contributed by atoms with Gasteiger partial charge in [0.2, 0.25) is 0 Å². The van der Waals surface area contributed by atoms with Crippen LogP contribution in [0, 0.1) is 6.61 Å². The van der Waals surface area contributed by atoms with Crippen LogP contribution < -0.4 is 9.47 Å². The van der Waals surface area contributed by atoms with Crippen LogP contribution >= 0.6 is 0 Å². The van der Waals surface area contributed by atoms with Gasteiger partial charge in [-0.25, -0.2) is 0 Å². The highest BCUT2D eigenvalue weighted by atomic mass is 16.5. The lowest BCUT2D eigenvalue weighted by Crippen LogP contribution is -1.86. The van der Waals surface area contributed by atoms with Crippen molar-refractivity contribution in [2.24, 2.45) is 0 Å². The quantitative estimate of drug-likeness (QED) is 0.763. The summed E-state index contributed by atoms with van der Waals surface area (Å²) in [6.07, 6.45) is 0. The number of para-hydroxylation sites is 1. The minimum atomic E-state index is 0.801. The molecule has 0 saturated carbocycles. The van der Waals surface area contributed by atoms with Crippen LogP contribution in [0.3, 0.4) is 0 Å². The molecule has 0 fully saturated rings. The summed E-state index contributed by atoms with van der Waals surface area (Å²) < 4.78 is 10.9. The van der Waals surface area contributed by atoms with Gasteiger partial charge >= 0.3 is 0 Å². The summed E-state index contributed by atoms with van der Waals surface area (Å²) in [5, 5.41) is 0. The zero-order valence-electron chi connectivity index (χ0n) is 9.09. The molecular formula is C14H13O2. The van der Waals surface area contributed by atoms with Crippen molar-refractivity contribution < 1.29 is 9.47 Å². The van der Waals surface area contributed by atoms with E-state index in [1.54, 1.807) is 6.61 Å². The molecule has 2 heteroatoms. The molecule has 0 aliphatic carbocycles. The highest BCUT2D eigenvalue weighted by Gasteiger charge is 1.97. The van der Waals surface area contributed by atoms with E-state index in [0.717, 1.165) is 17.2 Å². The van der Waals surface area contributed by atoms with Gasteiger partial charge in [0, 0.05) is 0 Å². The lowest BCUT2D eigenvalue weighted by Gasteiger charge is -2.06.